The normalized spacial score (nSPS) is 10.8. The summed E-state index contributed by atoms with van der Waals surface area (Å²) >= 11 is 0. The summed E-state index contributed by atoms with van der Waals surface area (Å²) in [5.74, 6) is -0.137. The van der Waals surface area contributed by atoms with E-state index in [1.165, 1.54) is 6.07 Å². The first kappa shape index (κ1) is 16.9. The van der Waals surface area contributed by atoms with Crippen LogP contribution < -0.4 is 10.2 Å². The Balaban J connectivity index is 2.79. The van der Waals surface area contributed by atoms with E-state index < -0.39 is 0 Å². The Morgan fingerprint density at radius 2 is 2.10 bits per heavy atom. The van der Waals surface area contributed by atoms with Gasteiger partial charge in [0.05, 0.1) is 6.61 Å². The predicted molar refractivity (Wildman–Crippen MR) is 82.8 cm³/mol. The monoisotopic (exact) mass is 282 g/mol. The fraction of sp³-hybridized carbons (Fsp3) is 0.625. The lowest BCUT2D eigenvalue weighted by Crippen LogP contribution is -2.27. The number of halogens is 1. The SMILES string of the molecule is CCCCN(CC)c1cccc(F)c1CNCCOC. The minimum atomic E-state index is -0.137. The Hall–Kier alpha value is -1.13. The summed E-state index contributed by atoms with van der Waals surface area (Å²) in [5, 5.41) is 3.23. The van der Waals surface area contributed by atoms with Crippen molar-refractivity contribution in [1.29, 1.82) is 0 Å². The van der Waals surface area contributed by atoms with Gasteiger partial charge in [0.25, 0.3) is 0 Å². The van der Waals surface area contributed by atoms with E-state index in [0.29, 0.717) is 13.2 Å². The molecule has 1 aromatic rings. The molecule has 4 heteroatoms. The minimum Gasteiger partial charge on any atom is -0.383 e. The van der Waals surface area contributed by atoms with Gasteiger partial charge in [-0.25, -0.2) is 4.39 Å². The maximum atomic E-state index is 14.1. The highest BCUT2D eigenvalue weighted by Gasteiger charge is 2.13. The van der Waals surface area contributed by atoms with E-state index in [0.717, 1.165) is 43.7 Å². The fourth-order valence-electron chi connectivity index (χ4n) is 2.20. The number of rotatable bonds is 10. The number of unbranched alkanes of at least 4 members (excludes halogenated alkanes) is 1. The van der Waals surface area contributed by atoms with Crippen LogP contribution in [0.4, 0.5) is 10.1 Å². The fourth-order valence-corrected chi connectivity index (χ4v) is 2.20. The predicted octanol–water partition coefficient (Wildman–Crippen LogP) is 3.19. The zero-order valence-corrected chi connectivity index (χ0v) is 12.9. The van der Waals surface area contributed by atoms with Crippen LogP contribution in [-0.2, 0) is 11.3 Å². The summed E-state index contributed by atoms with van der Waals surface area (Å²) in [6.45, 7) is 8.06. The molecule has 0 aliphatic carbocycles. The molecule has 0 saturated heterocycles. The first-order chi connectivity index (χ1) is 9.74. The summed E-state index contributed by atoms with van der Waals surface area (Å²) in [6.07, 6.45) is 2.27. The van der Waals surface area contributed by atoms with E-state index in [4.69, 9.17) is 4.74 Å². The average molecular weight is 282 g/mol. The van der Waals surface area contributed by atoms with Crippen LogP contribution in [0.15, 0.2) is 18.2 Å². The van der Waals surface area contributed by atoms with Gasteiger partial charge in [-0.1, -0.05) is 19.4 Å². The number of ether oxygens (including phenoxy) is 1. The summed E-state index contributed by atoms with van der Waals surface area (Å²) in [6, 6.07) is 5.33. The lowest BCUT2D eigenvalue weighted by Gasteiger charge is -2.26. The van der Waals surface area contributed by atoms with E-state index in [2.05, 4.69) is 24.1 Å². The number of nitrogens with one attached hydrogen (secondary N) is 1. The van der Waals surface area contributed by atoms with Crippen molar-refractivity contribution in [2.45, 2.75) is 33.2 Å². The van der Waals surface area contributed by atoms with E-state index in [1.54, 1.807) is 13.2 Å². The maximum Gasteiger partial charge on any atom is 0.129 e. The second-order valence-corrected chi connectivity index (χ2v) is 4.84. The highest BCUT2D eigenvalue weighted by atomic mass is 19.1. The largest absolute Gasteiger partial charge is 0.383 e. The van der Waals surface area contributed by atoms with Gasteiger partial charge in [-0.3, -0.25) is 0 Å². The molecule has 0 bridgehead atoms. The first-order valence-electron chi connectivity index (χ1n) is 7.46. The van der Waals surface area contributed by atoms with E-state index in [9.17, 15) is 4.39 Å². The molecule has 0 saturated carbocycles. The number of methoxy groups -OCH3 is 1. The number of nitrogens with zero attached hydrogens (tertiary/aromatic N) is 1. The lowest BCUT2D eigenvalue weighted by molar-refractivity contribution is 0.199. The molecule has 0 atom stereocenters. The Labute approximate surface area is 122 Å². The molecule has 20 heavy (non-hydrogen) atoms. The van der Waals surface area contributed by atoms with Crippen molar-refractivity contribution in [3.63, 3.8) is 0 Å². The van der Waals surface area contributed by atoms with Crippen LogP contribution >= 0.6 is 0 Å². The molecule has 1 N–H and O–H groups in total. The Morgan fingerprint density at radius 3 is 2.75 bits per heavy atom. The number of benzene rings is 1. The average Bonchev–Trinajstić information content (AvgIpc) is 2.46. The highest BCUT2D eigenvalue weighted by molar-refractivity contribution is 5.54. The van der Waals surface area contributed by atoms with Crippen molar-refractivity contribution in [3.05, 3.63) is 29.6 Å². The van der Waals surface area contributed by atoms with E-state index in [-0.39, 0.29) is 5.82 Å². The molecule has 0 amide bonds. The van der Waals surface area contributed by atoms with Gasteiger partial charge in [0.15, 0.2) is 0 Å². The molecular formula is C16H27FN2O. The standard InChI is InChI=1S/C16H27FN2O/c1-4-6-11-19(5-2)16-9-7-8-15(17)14(16)13-18-10-12-20-3/h7-9,18H,4-6,10-13H2,1-3H3. The van der Waals surface area contributed by atoms with E-state index >= 15 is 0 Å². The highest BCUT2D eigenvalue weighted by Crippen LogP contribution is 2.23. The quantitative estimate of drug-likeness (QED) is 0.667. The number of hydrogen-bond donors (Lipinski definition) is 1. The van der Waals surface area contributed by atoms with Crippen LogP contribution in [0.25, 0.3) is 0 Å². The minimum absolute atomic E-state index is 0.137. The second-order valence-electron chi connectivity index (χ2n) is 4.84. The Kier molecular flexibility index (Phi) is 8.23. The van der Waals surface area contributed by atoms with E-state index in [1.807, 2.05) is 6.07 Å². The van der Waals surface area contributed by atoms with Crippen LogP contribution in [-0.4, -0.2) is 33.4 Å². The van der Waals surface area contributed by atoms with Crippen molar-refractivity contribution in [1.82, 2.24) is 5.32 Å². The molecule has 1 rings (SSSR count). The van der Waals surface area contributed by atoms with Gasteiger partial charge in [-0.2, -0.15) is 0 Å². The van der Waals surface area contributed by atoms with Crippen molar-refractivity contribution in [2.75, 3.05) is 38.3 Å². The molecule has 114 valence electrons. The molecule has 0 radical (unpaired) electrons. The molecule has 1 aromatic carbocycles. The topological polar surface area (TPSA) is 24.5 Å². The number of anilines is 1. The first-order valence-corrected chi connectivity index (χ1v) is 7.46. The van der Waals surface area contributed by atoms with Crippen molar-refractivity contribution < 1.29 is 9.13 Å². The lowest BCUT2D eigenvalue weighted by atomic mass is 10.1. The molecule has 0 aliphatic rings. The smallest absolute Gasteiger partial charge is 0.129 e. The summed E-state index contributed by atoms with van der Waals surface area (Å²) in [7, 11) is 1.67. The summed E-state index contributed by atoms with van der Waals surface area (Å²) in [4.78, 5) is 2.25. The second kappa shape index (κ2) is 9.72. The van der Waals surface area contributed by atoms with Crippen molar-refractivity contribution in [3.8, 4) is 0 Å². The van der Waals surface area contributed by atoms with Gasteiger partial charge in [-0.15, -0.1) is 0 Å². The summed E-state index contributed by atoms with van der Waals surface area (Å²) in [5.41, 5.74) is 1.76. The van der Waals surface area contributed by atoms with Crippen LogP contribution in [0.2, 0.25) is 0 Å². The molecule has 0 fully saturated rings. The third-order valence-electron chi connectivity index (χ3n) is 3.38. The molecule has 0 aliphatic heterocycles. The van der Waals surface area contributed by atoms with Gasteiger partial charge in [0, 0.05) is 44.5 Å². The Bertz CT molecular complexity index is 385. The molecule has 0 unspecified atom stereocenters. The molecule has 0 aromatic heterocycles. The zero-order valence-electron chi connectivity index (χ0n) is 12.9. The number of hydrogen-bond acceptors (Lipinski definition) is 3. The third kappa shape index (κ3) is 5.10. The van der Waals surface area contributed by atoms with Crippen LogP contribution in [0, 0.1) is 5.82 Å². The molecule has 0 spiro atoms. The third-order valence-corrected chi connectivity index (χ3v) is 3.38. The van der Waals surface area contributed by atoms with Gasteiger partial charge >= 0.3 is 0 Å². The van der Waals surface area contributed by atoms with Crippen molar-refractivity contribution >= 4 is 5.69 Å². The zero-order chi connectivity index (χ0) is 14.8. The van der Waals surface area contributed by atoms with Gasteiger partial charge < -0.3 is 15.0 Å². The van der Waals surface area contributed by atoms with Gasteiger partial charge in [0.2, 0.25) is 0 Å². The van der Waals surface area contributed by atoms with Crippen LogP contribution in [0.1, 0.15) is 32.3 Å². The van der Waals surface area contributed by atoms with Crippen molar-refractivity contribution in [2.24, 2.45) is 0 Å². The molecular weight excluding hydrogens is 255 g/mol. The maximum absolute atomic E-state index is 14.1. The summed E-state index contributed by atoms with van der Waals surface area (Å²) < 4.78 is 19.1. The van der Waals surface area contributed by atoms with Crippen LogP contribution in [0.3, 0.4) is 0 Å². The van der Waals surface area contributed by atoms with Crippen LogP contribution in [0.5, 0.6) is 0 Å². The Morgan fingerprint density at radius 1 is 1.30 bits per heavy atom. The van der Waals surface area contributed by atoms with Gasteiger partial charge in [-0.05, 0) is 25.5 Å². The molecule has 3 nitrogen and oxygen atoms in total. The molecule has 0 heterocycles. The van der Waals surface area contributed by atoms with Gasteiger partial charge in [0.1, 0.15) is 5.82 Å².